The zero-order chi connectivity index (χ0) is 21.1. The summed E-state index contributed by atoms with van der Waals surface area (Å²) in [5.41, 5.74) is 7.76. The molecule has 1 heterocycles. The quantitative estimate of drug-likeness (QED) is 0.578. The minimum absolute atomic E-state index is 0.120. The van der Waals surface area contributed by atoms with Crippen LogP contribution in [0.3, 0.4) is 0 Å². The molecular weight excluding hydrogens is 382 g/mol. The normalized spacial score (nSPS) is 19.3. The largest absolute Gasteiger partial charge is 0.480 e. The highest BCUT2D eigenvalue weighted by Crippen LogP contribution is 2.34. The van der Waals surface area contributed by atoms with Gasteiger partial charge < -0.3 is 20.4 Å². The van der Waals surface area contributed by atoms with Crippen LogP contribution in [0.15, 0.2) is 77.2 Å². The van der Waals surface area contributed by atoms with Crippen LogP contribution in [-0.2, 0) is 16.8 Å². The van der Waals surface area contributed by atoms with Crippen LogP contribution in [0.25, 0.3) is 17.0 Å². The van der Waals surface area contributed by atoms with Crippen LogP contribution in [0.1, 0.15) is 23.4 Å². The summed E-state index contributed by atoms with van der Waals surface area (Å²) in [6.45, 7) is 0. The number of carboxylic acids is 1. The van der Waals surface area contributed by atoms with Crippen LogP contribution in [0.4, 0.5) is 0 Å². The molecule has 0 amide bonds. The second kappa shape index (κ2) is 8.06. The van der Waals surface area contributed by atoms with Gasteiger partial charge in [-0.25, -0.2) is 0 Å². The van der Waals surface area contributed by atoms with Crippen molar-refractivity contribution in [3.05, 3.63) is 89.8 Å². The minimum Gasteiger partial charge on any atom is -0.480 e. The molecule has 0 saturated carbocycles. The standard InChI is InChI=1S/C23H21N3O4/c24-19(21(27)28)14-15-6-8-18(9-7-15)20-25-26-22(30-20)23(29)12-10-17(11-13-23)16-4-2-1-3-5-16/h1-12,19,29H,13-14,24H2,(H,27,28). The molecule has 7 heteroatoms. The van der Waals surface area contributed by atoms with Gasteiger partial charge >= 0.3 is 5.97 Å². The van der Waals surface area contributed by atoms with Crippen molar-refractivity contribution >= 4 is 11.5 Å². The highest BCUT2D eigenvalue weighted by atomic mass is 16.4. The highest BCUT2D eigenvalue weighted by molar-refractivity contribution is 5.75. The molecule has 2 unspecified atom stereocenters. The Hall–Kier alpha value is -3.55. The van der Waals surface area contributed by atoms with Crippen LogP contribution in [0, 0.1) is 0 Å². The smallest absolute Gasteiger partial charge is 0.320 e. The Morgan fingerprint density at radius 3 is 2.47 bits per heavy atom. The summed E-state index contributed by atoms with van der Waals surface area (Å²) in [5.74, 6) is -0.647. The molecule has 0 saturated heterocycles. The van der Waals surface area contributed by atoms with Gasteiger partial charge in [-0.15, -0.1) is 10.2 Å². The molecule has 152 valence electrons. The third-order valence-corrected chi connectivity index (χ3v) is 5.05. The molecule has 0 spiro atoms. The van der Waals surface area contributed by atoms with Crippen molar-refractivity contribution < 1.29 is 19.4 Å². The van der Waals surface area contributed by atoms with Crippen LogP contribution < -0.4 is 5.73 Å². The van der Waals surface area contributed by atoms with E-state index in [0.717, 1.165) is 16.7 Å². The maximum Gasteiger partial charge on any atom is 0.320 e. The lowest BCUT2D eigenvalue weighted by molar-refractivity contribution is -0.138. The topological polar surface area (TPSA) is 122 Å². The molecule has 1 aliphatic carbocycles. The van der Waals surface area contributed by atoms with Gasteiger partial charge in [0.05, 0.1) is 0 Å². The number of aliphatic carboxylic acids is 1. The minimum atomic E-state index is -1.36. The molecule has 0 bridgehead atoms. The zero-order valence-electron chi connectivity index (χ0n) is 16.1. The summed E-state index contributed by atoms with van der Waals surface area (Å²) in [4.78, 5) is 10.9. The third-order valence-electron chi connectivity index (χ3n) is 5.05. The average molecular weight is 403 g/mol. The van der Waals surface area contributed by atoms with E-state index in [9.17, 15) is 9.90 Å². The Labute approximate surface area is 173 Å². The molecule has 0 radical (unpaired) electrons. The van der Waals surface area contributed by atoms with E-state index in [0.29, 0.717) is 12.0 Å². The fourth-order valence-corrected chi connectivity index (χ4v) is 3.27. The van der Waals surface area contributed by atoms with Gasteiger partial charge in [0.25, 0.3) is 5.89 Å². The predicted molar refractivity (Wildman–Crippen MR) is 111 cm³/mol. The Kier molecular flexibility index (Phi) is 5.31. The second-order valence-corrected chi connectivity index (χ2v) is 7.25. The van der Waals surface area contributed by atoms with Crippen molar-refractivity contribution in [2.24, 2.45) is 5.73 Å². The molecular formula is C23H21N3O4. The molecule has 4 N–H and O–H groups in total. The number of hydrogen-bond donors (Lipinski definition) is 3. The Balaban J connectivity index is 1.49. The van der Waals surface area contributed by atoms with E-state index >= 15 is 0 Å². The van der Waals surface area contributed by atoms with E-state index in [2.05, 4.69) is 10.2 Å². The number of allylic oxidation sites excluding steroid dienone is 2. The molecule has 2 atom stereocenters. The first kappa shape index (κ1) is 19.8. The Morgan fingerprint density at radius 2 is 1.83 bits per heavy atom. The number of aliphatic hydroxyl groups is 1. The first-order chi connectivity index (χ1) is 14.4. The zero-order valence-corrected chi connectivity index (χ0v) is 16.1. The van der Waals surface area contributed by atoms with Gasteiger partial charge in [0.15, 0.2) is 5.60 Å². The van der Waals surface area contributed by atoms with Crippen molar-refractivity contribution in [2.45, 2.75) is 24.5 Å². The number of carboxylic acid groups (broad SMARTS) is 1. The SMILES string of the molecule is NC(Cc1ccc(-c2nnc(C3(O)C=CC(c4ccccc4)=CC3)o2)cc1)C(=O)O. The molecule has 3 aromatic rings. The van der Waals surface area contributed by atoms with Gasteiger partial charge in [-0.2, -0.15) is 0 Å². The highest BCUT2D eigenvalue weighted by Gasteiger charge is 2.34. The third kappa shape index (κ3) is 4.07. The number of nitrogens with two attached hydrogens (primary N) is 1. The maximum absolute atomic E-state index is 11.0. The molecule has 30 heavy (non-hydrogen) atoms. The molecule has 0 fully saturated rings. The number of nitrogens with zero attached hydrogens (tertiary/aromatic N) is 2. The summed E-state index contributed by atoms with van der Waals surface area (Å²) in [5, 5.41) is 28.0. The summed E-state index contributed by atoms with van der Waals surface area (Å²) < 4.78 is 5.74. The van der Waals surface area contributed by atoms with Crippen LogP contribution in [0.2, 0.25) is 0 Å². The molecule has 7 nitrogen and oxygen atoms in total. The van der Waals surface area contributed by atoms with Gasteiger partial charge in [0.2, 0.25) is 5.89 Å². The summed E-state index contributed by atoms with van der Waals surface area (Å²) >= 11 is 0. The molecule has 0 aliphatic heterocycles. The number of carbonyl (C=O) groups is 1. The van der Waals surface area contributed by atoms with Gasteiger partial charge in [-0.1, -0.05) is 54.6 Å². The number of aromatic nitrogens is 2. The van der Waals surface area contributed by atoms with Gasteiger partial charge in [0, 0.05) is 12.0 Å². The summed E-state index contributed by atoms with van der Waals surface area (Å²) in [6, 6.07) is 16.0. The lowest BCUT2D eigenvalue weighted by atomic mass is 9.89. The van der Waals surface area contributed by atoms with E-state index in [1.165, 1.54) is 0 Å². The first-order valence-electron chi connectivity index (χ1n) is 9.53. The fourth-order valence-electron chi connectivity index (χ4n) is 3.27. The molecule has 2 aromatic carbocycles. The van der Waals surface area contributed by atoms with Crippen LogP contribution in [0.5, 0.6) is 0 Å². The van der Waals surface area contributed by atoms with E-state index in [-0.39, 0.29) is 18.2 Å². The molecule has 1 aromatic heterocycles. The van der Waals surface area contributed by atoms with E-state index in [1.807, 2.05) is 42.5 Å². The van der Waals surface area contributed by atoms with E-state index < -0.39 is 17.6 Å². The summed E-state index contributed by atoms with van der Waals surface area (Å²) in [7, 11) is 0. The van der Waals surface area contributed by atoms with Gasteiger partial charge in [0.1, 0.15) is 6.04 Å². The van der Waals surface area contributed by atoms with Crippen LogP contribution in [-0.4, -0.2) is 32.4 Å². The molecule has 4 rings (SSSR count). The number of benzene rings is 2. The Bertz CT molecular complexity index is 1100. The van der Waals surface area contributed by atoms with Crippen molar-refractivity contribution in [3.8, 4) is 11.5 Å². The summed E-state index contributed by atoms with van der Waals surface area (Å²) in [6.07, 6.45) is 6.01. The Morgan fingerprint density at radius 1 is 1.10 bits per heavy atom. The lowest BCUT2D eigenvalue weighted by Crippen LogP contribution is -2.32. The van der Waals surface area contributed by atoms with E-state index in [1.54, 1.807) is 30.3 Å². The van der Waals surface area contributed by atoms with Gasteiger partial charge in [-0.3, -0.25) is 4.79 Å². The number of hydrogen-bond acceptors (Lipinski definition) is 6. The second-order valence-electron chi connectivity index (χ2n) is 7.25. The van der Waals surface area contributed by atoms with Gasteiger partial charge in [-0.05, 0) is 41.3 Å². The van der Waals surface area contributed by atoms with Crippen molar-refractivity contribution in [1.82, 2.24) is 10.2 Å². The maximum atomic E-state index is 11.0. The molecule has 1 aliphatic rings. The van der Waals surface area contributed by atoms with Crippen molar-refractivity contribution in [2.75, 3.05) is 0 Å². The first-order valence-corrected chi connectivity index (χ1v) is 9.53. The van der Waals surface area contributed by atoms with Crippen molar-refractivity contribution in [3.63, 3.8) is 0 Å². The predicted octanol–water partition coefficient (Wildman–Crippen LogP) is 2.92. The van der Waals surface area contributed by atoms with Crippen LogP contribution >= 0.6 is 0 Å². The fraction of sp³-hybridized carbons (Fsp3) is 0.174. The lowest BCUT2D eigenvalue weighted by Gasteiger charge is -2.22. The number of rotatable bonds is 6. The monoisotopic (exact) mass is 403 g/mol. The van der Waals surface area contributed by atoms with E-state index in [4.69, 9.17) is 15.3 Å². The van der Waals surface area contributed by atoms with Crippen molar-refractivity contribution in [1.29, 1.82) is 0 Å². The average Bonchev–Trinajstić information content (AvgIpc) is 3.27.